The number of benzene rings is 1. The highest BCUT2D eigenvalue weighted by molar-refractivity contribution is 5.89. The molecule has 6 nitrogen and oxygen atoms in total. The smallest absolute Gasteiger partial charge is 0.232 e. The van der Waals surface area contributed by atoms with Crippen molar-refractivity contribution < 1.29 is 14.2 Å². The zero-order valence-electron chi connectivity index (χ0n) is 16.2. The summed E-state index contributed by atoms with van der Waals surface area (Å²) in [4.78, 5) is 6.40. The van der Waals surface area contributed by atoms with Crippen LogP contribution in [-0.2, 0) is 17.8 Å². The number of nitrogens with one attached hydrogen (secondary N) is 1. The summed E-state index contributed by atoms with van der Waals surface area (Å²) >= 11 is 0. The van der Waals surface area contributed by atoms with Crippen LogP contribution in [0.2, 0.25) is 0 Å². The Morgan fingerprint density at radius 3 is 2.67 bits per heavy atom. The van der Waals surface area contributed by atoms with Crippen molar-refractivity contribution in [1.29, 1.82) is 0 Å². The quantitative estimate of drug-likeness (QED) is 0.645. The molecule has 1 aliphatic heterocycles. The van der Waals surface area contributed by atoms with Crippen molar-refractivity contribution >= 4 is 16.9 Å². The third kappa shape index (κ3) is 3.55. The molecule has 0 amide bonds. The fraction of sp³-hybridized carbons (Fsp3) is 0.429. The molecular weight excluding hydrogens is 338 g/mol. The Morgan fingerprint density at radius 2 is 1.93 bits per heavy atom. The van der Waals surface area contributed by atoms with Crippen LogP contribution in [0, 0.1) is 13.8 Å². The monoisotopic (exact) mass is 367 g/mol. The van der Waals surface area contributed by atoms with Crippen LogP contribution in [0.3, 0.4) is 0 Å². The Bertz CT molecular complexity index is 929. The Morgan fingerprint density at radius 1 is 1.19 bits per heavy atom. The second kappa shape index (κ2) is 7.66. The van der Waals surface area contributed by atoms with Crippen LogP contribution >= 0.6 is 0 Å². The number of hydrogen-bond donors (Lipinski definition) is 2. The van der Waals surface area contributed by atoms with Crippen LogP contribution in [0.5, 0.6) is 0 Å². The summed E-state index contributed by atoms with van der Waals surface area (Å²) in [5.41, 5.74) is 11.3. The molecule has 0 aliphatic carbocycles. The highest BCUT2D eigenvalue weighted by Gasteiger charge is 2.22. The number of quaternary nitrogens is 1. The molecule has 4 rings (SSSR count). The Kier molecular flexibility index (Phi) is 5.09. The fourth-order valence-corrected chi connectivity index (χ4v) is 3.98. The first kappa shape index (κ1) is 17.9. The molecule has 142 valence electrons. The van der Waals surface area contributed by atoms with E-state index >= 15 is 0 Å². The van der Waals surface area contributed by atoms with E-state index in [9.17, 15) is 0 Å². The maximum atomic E-state index is 6.58. The third-order valence-corrected chi connectivity index (χ3v) is 5.77. The lowest BCUT2D eigenvalue weighted by Gasteiger charge is -2.24. The molecule has 0 spiro atoms. The molecule has 0 bridgehead atoms. The first-order chi connectivity index (χ1) is 13.1. The highest BCUT2D eigenvalue weighted by atomic mass is 16.5. The molecule has 3 N–H and O–H groups in total. The lowest BCUT2D eigenvalue weighted by Crippen LogP contribution is -3.14. The van der Waals surface area contributed by atoms with E-state index in [0.29, 0.717) is 0 Å². The molecule has 1 aliphatic rings. The number of hydrogen-bond acceptors (Lipinski definition) is 3. The van der Waals surface area contributed by atoms with Crippen LogP contribution in [0.15, 0.2) is 36.7 Å². The minimum Gasteiger partial charge on any atom is -0.370 e. The number of nitrogens with zero attached hydrogens (tertiary/aromatic N) is 3. The lowest BCUT2D eigenvalue weighted by atomic mass is 10.2. The molecule has 3 heterocycles. The summed E-state index contributed by atoms with van der Waals surface area (Å²) in [5.74, 6) is 0.793. The predicted molar refractivity (Wildman–Crippen MR) is 106 cm³/mol. The summed E-state index contributed by atoms with van der Waals surface area (Å²) in [6.45, 7) is 11.0. The standard InChI is InChI=1S/C21H27N5O/c1-16-17(2)26(9-8-24-10-12-27-13-11-24)21-19(16)20(22)25(15-23-21)14-18-6-4-3-5-7-18/h3-7,15,22H,8-14H2,1-2H3/p+2. The Labute approximate surface area is 160 Å². The van der Waals surface area contributed by atoms with Crippen molar-refractivity contribution in [3.8, 4) is 0 Å². The van der Waals surface area contributed by atoms with Crippen molar-refractivity contribution in [2.24, 2.45) is 0 Å². The van der Waals surface area contributed by atoms with E-state index in [4.69, 9.17) is 15.5 Å². The number of rotatable bonds is 5. The minimum atomic E-state index is 0.733. The van der Waals surface area contributed by atoms with Crippen molar-refractivity contribution in [3.05, 3.63) is 53.5 Å². The number of nitrogens with two attached hydrogens (primary N) is 1. The molecule has 27 heavy (non-hydrogen) atoms. The molecule has 1 aromatic carbocycles. The van der Waals surface area contributed by atoms with Crippen molar-refractivity contribution in [2.45, 2.75) is 26.9 Å². The maximum absolute atomic E-state index is 6.58. The number of aromatic nitrogens is 3. The molecule has 0 saturated carbocycles. The van der Waals surface area contributed by atoms with Gasteiger partial charge in [-0.25, -0.2) is 4.57 Å². The fourth-order valence-electron chi connectivity index (χ4n) is 3.98. The average Bonchev–Trinajstić information content (AvgIpc) is 2.95. The molecule has 1 fully saturated rings. The number of anilines is 1. The van der Waals surface area contributed by atoms with Gasteiger partial charge >= 0.3 is 0 Å². The van der Waals surface area contributed by atoms with Crippen LogP contribution < -0.4 is 15.2 Å². The summed E-state index contributed by atoms with van der Waals surface area (Å²) in [6, 6.07) is 10.4. The molecule has 2 aromatic heterocycles. The average molecular weight is 367 g/mol. The summed E-state index contributed by atoms with van der Waals surface area (Å²) in [7, 11) is 0. The van der Waals surface area contributed by atoms with E-state index in [1.165, 1.54) is 16.8 Å². The molecular formula is C21H29N5O+2. The van der Waals surface area contributed by atoms with Crippen molar-refractivity contribution in [3.63, 3.8) is 0 Å². The largest absolute Gasteiger partial charge is 0.370 e. The third-order valence-electron chi connectivity index (χ3n) is 5.77. The second-order valence-electron chi connectivity index (χ2n) is 7.42. The summed E-state index contributed by atoms with van der Waals surface area (Å²) in [5, 5.41) is 1.09. The molecule has 1 saturated heterocycles. The van der Waals surface area contributed by atoms with Gasteiger partial charge in [0.1, 0.15) is 18.5 Å². The summed E-state index contributed by atoms with van der Waals surface area (Å²) in [6.07, 6.45) is 1.88. The van der Waals surface area contributed by atoms with Gasteiger partial charge in [0.2, 0.25) is 17.8 Å². The number of aryl methyl sites for hydroxylation is 1. The van der Waals surface area contributed by atoms with Gasteiger partial charge in [0.25, 0.3) is 0 Å². The molecule has 0 atom stereocenters. The van der Waals surface area contributed by atoms with E-state index < -0.39 is 0 Å². The zero-order chi connectivity index (χ0) is 18.8. The number of nitrogen functional groups attached to an aromatic ring is 1. The van der Waals surface area contributed by atoms with Crippen LogP contribution in [0.25, 0.3) is 11.0 Å². The van der Waals surface area contributed by atoms with E-state index in [0.717, 1.165) is 62.8 Å². The molecule has 0 unspecified atom stereocenters. The van der Waals surface area contributed by atoms with Gasteiger partial charge in [-0.05, 0) is 25.0 Å². The zero-order valence-corrected chi connectivity index (χ0v) is 16.2. The van der Waals surface area contributed by atoms with Crippen molar-refractivity contribution in [2.75, 3.05) is 38.6 Å². The number of fused-ring (bicyclic) bond motifs is 1. The summed E-state index contributed by atoms with van der Waals surface area (Å²) < 4.78 is 9.84. The minimum absolute atomic E-state index is 0.733. The molecule has 3 aromatic rings. The van der Waals surface area contributed by atoms with Gasteiger partial charge in [-0.2, -0.15) is 0 Å². The second-order valence-corrected chi connectivity index (χ2v) is 7.42. The predicted octanol–water partition coefficient (Wildman–Crippen LogP) is 0.486. The Balaban J connectivity index is 1.63. The highest BCUT2D eigenvalue weighted by Crippen LogP contribution is 2.26. The maximum Gasteiger partial charge on any atom is 0.232 e. The first-order valence-electron chi connectivity index (χ1n) is 9.73. The molecule has 6 heteroatoms. The van der Waals surface area contributed by atoms with Gasteiger partial charge in [-0.3, -0.25) is 0 Å². The van der Waals surface area contributed by atoms with Gasteiger partial charge in [0.05, 0.1) is 32.8 Å². The normalized spacial score (nSPS) is 15.5. The number of morpholine rings is 1. The SMILES string of the molecule is Cc1c(C)n(CC[NH+]2CCOCC2)c2nc[n+](Cc3ccccc3)c(N)c12. The van der Waals surface area contributed by atoms with Crippen LogP contribution in [-0.4, -0.2) is 42.4 Å². The van der Waals surface area contributed by atoms with Gasteiger partial charge in [0, 0.05) is 5.69 Å². The number of ether oxygens (including phenoxy) is 1. The van der Waals surface area contributed by atoms with E-state index in [2.05, 4.69) is 42.7 Å². The van der Waals surface area contributed by atoms with Gasteiger partial charge in [0.15, 0.2) is 0 Å². The van der Waals surface area contributed by atoms with Crippen LogP contribution in [0.4, 0.5) is 5.82 Å². The topological polar surface area (TPSA) is 61.4 Å². The van der Waals surface area contributed by atoms with Crippen molar-refractivity contribution in [1.82, 2.24) is 9.55 Å². The van der Waals surface area contributed by atoms with Gasteiger partial charge < -0.3 is 19.9 Å². The molecule has 0 radical (unpaired) electrons. The first-order valence-corrected chi connectivity index (χ1v) is 9.73. The lowest BCUT2D eigenvalue weighted by molar-refractivity contribution is -0.908. The van der Waals surface area contributed by atoms with E-state index in [-0.39, 0.29) is 0 Å². The van der Waals surface area contributed by atoms with E-state index in [1.54, 1.807) is 4.90 Å². The van der Waals surface area contributed by atoms with E-state index in [1.807, 2.05) is 17.0 Å². The Hall–Kier alpha value is -2.44. The van der Waals surface area contributed by atoms with Gasteiger partial charge in [-0.1, -0.05) is 35.3 Å². The van der Waals surface area contributed by atoms with Gasteiger partial charge in [-0.15, -0.1) is 0 Å². The van der Waals surface area contributed by atoms with Crippen LogP contribution in [0.1, 0.15) is 16.8 Å².